The van der Waals surface area contributed by atoms with Crippen LogP contribution in [0.4, 0.5) is 13.2 Å². The van der Waals surface area contributed by atoms with E-state index in [4.69, 9.17) is 26.1 Å². The van der Waals surface area contributed by atoms with Gasteiger partial charge in [-0.25, -0.2) is 4.98 Å². The molecular weight excluding hydrogens is 571 g/mol. The third kappa shape index (κ3) is 6.62. The first-order valence-corrected chi connectivity index (χ1v) is 15.8. The van der Waals surface area contributed by atoms with Gasteiger partial charge in [0.1, 0.15) is 11.3 Å². The molecule has 3 heterocycles. The van der Waals surface area contributed by atoms with E-state index in [9.17, 15) is 18.3 Å². The van der Waals surface area contributed by atoms with Gasteiger partial charge < -0.3 is 14.6 Å². The predicted molar refractivity (Wildman–Crippen MR) is 160 cm³/mol. The first-order valence-electron chi connectivity index (χ1n) is 14.6. The van der Waals surface area contributed by atoms with Crippen LogP contribution in [0.25, 0.3) is 0 Å². The second-order valence-electron chi connectivity index (χ2n) is 12.9. The maximum atomic E-state index is 13.1. The van der Waals surface area contributed by atoms with Crippen molar-refractivity contribution in [3.63, 3.8) is 0 Å². The van der Waals surface area contributed by atoms with Crippen LogP contribution in [0.1, 0.15) is 118 Å². The Balaban J connectivity index is 0.000000433. The number of ether oxygens (including phenoxy) is 2. The van der Waals surface area contributed by atoms with Crippen LogP contribution < -0.4 is 0 Å². The van der Waals surface area contributed by atoms with Crippen LogP contribution in [0.2, 0.25) is 5.15 Å². The molecule has 2 aliphatic heterocycles. The minimum atomic E-state index is -4.41. The van der Waals surface area contributed by atoms with Gasteiger partial charge in [-0.3, -0.25) is 0 Å². The number of aliphatic hydroxyl groups excluding tert-OH is 1. The molecule has 4 aliphatic rings. The fourth-order valence-electron chi connectivity index (χ4n) is 6.35. The number of benzene rings is 1. The Morgan fingerprint density at radius 3 is 2.10 bits per heavy atom. The number of pyridine rings is 1. The molecular formula is C32H43ClF3NO3S. The SMILES string of the molecule is CCC(C)(C)C.CS.OC1CC2(CCC2)Cc2nc(Cl)c3c(c21)C1(CCOCC1)OC3c1ccc(C(F)(F)F)cc1. The molecule has 4 nitrogen and oxygen atoms in total. The quantitative estimate of drug-likeness (QED) is 0.249. The number of aliphatic hydroxyl groups is 1. The lowest BCUT2D eigenvalue weighted by Gasteiger charge is -2.48. The Labute approximate surface area is 252 Å². The Bertz CT molecular complexity index is 1200. The molecule has 9 heteroatoms. The molecule has 2 aromatic rings. The average Bonchev–Trinajstić information content (AvgIpc) is 3.23. The van der Waals surface area contributed by atoms with Gasteiger partial charge in [-0.05, 0) is 60.5 Å². The number of alkyl halides is 3. The third-order valence-electron chi connectivity index (χ3n) is 9.18. The fraction of sp³-hybridized carbons (Fsp3) is 0.656. The van der Waals surface area contributed by atoms with Gasteiger partial charge in [0.05, 0.1) is 17.3 Å². The number of hydrogen-bond donors (Lipinski definition) is 2. The maximum Gasteiger partial charge on any atom is 0.416 e. The topological polar surface area (TPSA) is 51.6 Å². The van der Waals surface area contributed by atoms with Crippen molar-refractivity contribution in [3.05, 3.63) is 62.9 Å². The summed E-state index contributed by atoms with van der Waals surface area (Å²) in [6, 6.07) is 5.04. The Morgan fingerprint density at radius 1 is 1.02 bits per heavy atom. The van der Waals surface area contributed by atoms with Crippen LogP contribution in [-0.2, 0) is 27.7 Å². The molecule has 2 spiro atoms. The summed E-state index contributed by atoms with van der Waals surface area (Å²) in [5.74, 6) is 0. The molecule has 2 atom stereocenters. The largest absolute Gasteiger partial charge is 0.416 e. The minimum absolute atomic E-state index is 0.103. The summed E-state index contributed by atoms with van der Waals surface area (Å²) in [5.41, 5.74) is 3.09. The first-order chi connectivity index (χ1) is 19.3. The van der Waals surface area contributed by atoms with Crippen molar-refractivity contribution in [1.82, 2.24) is 4.98 Å². The monoisotopic (exact) mass is 613 g/mol. The molecule has 2 fully saturated rings. The molecule has 0 bridgehead atoms. The highest BCUT2D eigenvalue weighted by molar-refractivity contribution is 7.79. The number of halogens is 4. The summed E-state index contributed by atoms with van der Waals surface area (Å²) in [5, 5.41) is 11.6. The van der Waals surface area contributed by atoms with E-state index in [1.54, 1.807) is 6.26 Å². The number of thiol groups is 1. The molecule has 1 saturated carbocycles. The summed E-state index contributed by atoms with van der Waals surface area (Å²) in [4.78, 5) is 4.74. The molecule has 0 amide bonds. The molecule has 1 aromatic carbocycles. The summed E-state index contributed by atoms with van der Waals surface area (Å²) < 4.78 is 51.6. The smallest absolute Gasteiger partial charge is 0.388 e. The van der Waals surface area contributed by atoms with Gasteiger partial charge in [0.15, 0.2) is 0 Å². The van der Waals surface area contributed by atoms with Gasteiger partial charge >= 0.3 is 6.18 Å². The molecule has 6 rings (SSSR count). The van der Waals surface area contributed by atoms with E-state index in [-0.39, 0.29) is 5.41 Å². The Hall–Kier alpha value is -1.32. The van der Waals surface area contributed by atoms with E-state index in [1.807, 2.05) is 0 Å². The standard InChI is InChI=1S/C25H25ClF3NO3.C6H14.CH4S/c26-22-19-20(18-16(30-22)12-23(6-1-7-23)13-17(18)31)24(8-10-32-11-9-24)33-21(19)14-2-4-15(5-3-14)25(27,28)29;1-5-6(2,3)4;1-2/h2-5,17,21,31H,1,6-13H2;5H2,1-4H3;2H,1H3. The average molecular weight is 614 g/mol. The fourth-order valence-corrected chi connectivity index (χ4v) is 6.64. The van der Waals surface area contributed by atoms with Crippen LogP contribution in [0.3, 0.4) is 0 Å². The lowest BCUT2D eigenvalue weighted by atomic mass is 9.59. The Morgan fingerprint density at radius 2 is 1.61 bits per heavy atom. The zero-order valence-corrected chi connectivity index (χ0v) is 26.4. The zero-order chi connectivity index (χ0) is 30.2. The lowest BCUT2D eigenvalue weighted by molar-refractivity contribution is -0.137. The molecule has 228 valence electrons. The second kappa shape index (κ2) is 12.4. The van der Waals surface area contributed by atoms with E-state index in [2.05, 4.69) is 40.3 Å². The summed E-state index contributed by atoms with van der Waals surface area (Å²) in [7, 11) is 0. The molecule has 2 unspecified atom stereocenters. The maximum absolute atomic E-state index is 13.1. The van der Waals surface area contributed by atoms with E-state index in [1.165, 1.54) is 25.0 Å². The molecule has 41 heavy (non-hydrogen) atoms. The van der Waals surface area contributed by atoms with E-state index < -0.39 is 29.5 Å². The molecule has 2 aliphatic carbocycles. The third-order valence-corrected chi connectivity index (χ3v) is 9.47. The van der Waals surface area contributed by atoms with Crippen molar-refractivity contribution in [2.45, 2.75) is 103 Å². The van der Waals surface area contributed by atoms with Crippen molar-refractivity contribution in [1.29, 1.82) is 0 Å². The molecule has 1 saturated heterocycles. The van der Waals surface area contributed by atoms with E-state index >= 15 is 0 Å². The highest BCUT2D eigenvalue weighted by Gasteiger charge is 2.53. The summed E-state index contributed by atoms with van der Waals surface area (Å²) in [6.07, 6.45) is 3.30. The normalized spacial score (nSPS) is 23.9. The van der Waals surface area contributed by atoms with Crippen LogP contribution >= 0.6 is 24.2 Å². The van der Waals surface area contributed by atoms with Gasteiger partial charge in [-0.1, -0.05) is 64.3 Å². The van der Waals surface area contributed by atoms with Crippen molar-refractivity contribution in [2.24, 2.45) is 10.8 Å². The number of aromatic nitrogens is 1. The number of nitrogens with zero attached hydrogens (tertiary/aromatic N) is 1. The van der Waals surface area contributed by atoms with Gasteiger partial charge in [0, 0.05) is 48.4 Å². The van der Waals surface area contributed by atoms with Crippen LogP contribution in [0, 0.1) is 10.8 Å². The van der Waals surface area contributed by atoms with Gasteiger partial charge in [0.25, 0.3) is 0 Å². The van der Waals surface area contributed by atoms with Crippen molar-refractivity contribution in [2.75, 3.05) is 19.5 Å². The zero-order valence-electron chi connectivity index (χ0n) is 24.7. The van der Waals surface area contributed by atoms with Crippen molar-refractivity contribution < 1.29 is 27.8 Å². The minimum Gasteiger partial charge on any atom is -0.388 e. The van der Waals surface area contributed by atoms with Gasteiger partial charge in [0.2, 0.25) is 0 Å². The van der Waals surface area contributed by atoms with Crippen LogP contribution in [-0.4, -0.2) is 29.6 Å². The molecule has 0 radical (unpaired) electrons. The number of hydrogen-bond acceptors (Lipinski definition) is 5. The summed E-state index contributed by atoms with van der Waals surface area (Å²) in [6.45, 7) is 9.95. The second-order valence-corrected chi connectivity index (χ2v) is 13.3. The van der Waals surface area contributed by atoms with Gasteiger partial charge in [-0.2, -0.15) is 25.8 Å². The number of rotatable bonds is 1. The van der Waals surface area contributed by atoms with Crippen LogP contribution in [0.15, 0.2) is 24.3 Å². The summed E-state index contributed by atoms with van der Waals surface area (Å²) >= 11 is 10.3. The van der Waals surface area contributed by atoms with Crippen molar-refractivity contribution in [3.8, 4) is 0 Å². The van der Waals surface area contributed by atoms with Crippen molar-refractivity contribution >= 4 is 24.2 Å². The van der Waals surface area contributed by atoms with E-state index in [0.717, 1.165) is 48.2 Å². The highest BCUT2D eigenvalue weighted by Crippen LogP contribution is 2.60. The highest BCUT2D eigenvalue weighted by atomic mass is 35.5. The molecule has 1 aromatic heterocycles. The van der Waals surface area contributed by atoms with Gasteiger partial charge in [-0.15, -0.1) is 0 Å². The Kier molecular flexibility index (Phi) is 9.82. The predicted octanol–water partition coefficient (Wildman–Crippen LogP) is 9.02. The van der Waals surface area contributed by atoms with E-state index in [0.29, 0.717) is 54.2 Å². The van der Waals surface area contributed by atoms with Crippen LogP contribution in [0.5, 0.6) is 0 Å². The lowest BCUT2D eigenvalue weighted by Crippen LogP contribution is -2.40. The molecule has 1 N–H and O–H groups in total. The number of fused-ring (bicyclic) bond motifs is 4. The first kappa shape index (κ1) is 32.6.